The van der Waals surface area contributed by atoms with Gasteiger partial charge < -0.3 is 10.6 Å². The van der Waals surface area contributed by atoms with Gasteiger partial charge in [-0.25, -0.2) is 17.6 Å². The van der Waals surface area contributed by atoms with Gasteiger partial charge in [-0.1, -0.05) is 30.3 Å². The third kappa shape index (κ3) is 3.99. The first-order chi connectivity index (χ1) is 14.4. The number of para-hydroxylation sites is 1. The van der Waals surface area contributed by atoms with Crippen LogP contribution >= 0.6 is 0 Å². The number of sulfonamides is 1. The predicted octanol–water partition coefficient (Wildman–Crippen LogP) is 4.61. The Hall–Kier alpha value is -3.39. The molecule has 0 unspecified atom stereocenters. The Bertz CT molecular complexity index is 1180. The second-order valence-corrected chi connectivity index (χ2v) is 8.76. The molecule has 0 aromatic heterocycles. The minimum Gasteiger partial charge on any atom is -0.308 e. The summed E-state index contributed by atoms with van der Waals surface area (Å²) >= 11 is 0. The van der Waals surface area contributed by atoms with E-state index in [-0.39, 0.29) is 10.6 Å². The first-order valence-electron chi connectivity index (χ1n) is 9.48. The smallest absolute Gasteiger partial charge is 0.308 e. The molecule has 1 heterocycles. The maximum absolute atomic E-state index is 13.7. The van der Waals surface area contributed by atoms with Crippen molar-refractivity contribution in [3.05, 3.63) is 84.2 Å². The lowest BCUT2D eigenvalue weighted by molar-refractivity contribution is 0.262. The van der Waals surface area contributed by atoms with Gasteiger partial charge in [0.2, 0.25) is 0 Å². The highest BCUT2D eigenvalue weighted by molar-refractivity contribution is 7.92. The third-order valence-electron chi connectivity index (χ3n) is 4.87. The van der Waals surface area contributed by atoms with Crippen LogP contribution in [0.15, 0.2) is 77.7 Å². The number of rotatable bonds is 4. The van der Waals surface area contributed by atoms with Crippen molar-refractivity contribution in [1.29, 1.82) is 0 Å². The molecule has 30 heavy (non-hydrogen) atoms. The van der Waals surface area contributed by atoms with Crippen LogP contribution < -0.4 is 14.9 Å². The molecule has 154 valence electrons. The molecule has 6 nitrogen and oxygen atoms in total. The molecule has 0 spiro atoms. The van der Waals surface area contributed by atoms with Crippen LogP contribution in [0.3, 0.4) is 0 Å². The van der Waals surface area contributed by atoms with Crippen molar-refractivity contribution < 1.29 is 17.6 Å². The number of carbonyl (C=O) groups excluding carboxylic acids is 1. The molecule has 3 aromatic rings. The Labute approximate surface area is 174 Å². The summed E-state index contributed by atoms with van der Waals surface area (Å²) in [6, 6.07) is 18.7. The molecule has 2 N–H and O–H groups in total. The average molecular weight is 425 g/mol. The molecular formula is C22H20FN3O3S. The first-order valence-corrected chi connectivity index (χ1v) is 10.9. The van der Waals surface area contributed by atoms with Gasteiger partial charge in [0.05, 0.1) is 16.3 Å². The van der Waals surface area contributed by atoms with Crippen LogP contribution in [0, 0.1) is 5.82 Å². The summed E-state index contributed by atoms with van der Waals surface area (Å²) in [4.78, 5) is 12.5. The Morgan fingerprint density at radius 2 is 1.67 bits per heavy atom. The molecule has 8 heteroatoms. The second-order valence-electron chi connectivity index (χ2n) is 6.90. The monoisotopic (exact) mass is 425 g/mol. The Morgan fingerprint density at radius 3 is 2.43 bits per heavy atom. The quantitative estimate of drug-likeness (QED) is 0.641. The summed E-state index contributed by atoms with van der Waals surface area (Å²) in [6.45, 7) is 0.394. The average Bonchev–Trinajstić information content (AvgIpc) is 2.75. The van der Waals surface area contributed by atoms with E-state index < -0.39 is 21.9 Å². The molecule has 1 aliphatic rings. The third-order valence-corrected chi connectivity index (χ3v) is 6.69. The van der Waals surface area contributed by atoms with Gasteiger partial charge in [-0.2, -0.15) is 0 Å². The number of halogens is 1. The van der Waals surface area contributed by atoms with Gasteiger partial charge in [-0.3, -0.25) is 4.31 Å². The lowest BCUT2D eigenvalue weighted by Gasteiger charge is -2.30. The van der Waals surface area contributed by atoms with Crippen LogP contribution in [0.25, 0.3) is 0 Å². The minimum absolute atomic E-state index is 0.0769. The summed E-state index contributed by atoms with van der Waals surface area (Å²) in [5.41, 5.74) is 2.00. The number of nitrogens with one attached hydrogen (secondary N) is 2. The minimum atomic E-state index is -3.66. The van der Waals surface area contributed by atoms with Gasteiger partial charge >= 0.3 is 6.03 Å². The standard InChI is InChI=1S/C22H20FN3O3S/c23-19-10-4-5-11-20(19)25-22(27)24-17-12-13-21-16(15-17)7-6-14-26(21)30(28,29)18-8-2-1-3-9-18/h1-5,8-13,15H,6-7,14H2,(H2,24,25,27). The highest BCUT2D eigenvalue weighted by atomic mass is 32.2. The molecule has 0 bridgehead atoms. The van der Waals surface area contributed by atoms with Gasteiger partial charge in [0.1, 0.15) is 5.82 Å². The molecule has 0 radical (unpaired) electrons. The molecule has 0 aliphatic carbocycles. The molecular weight excluding hydrogens is 405 g/mol. The number of hydrogen-bond donors (Lipinski definition) is 2. The fourth-order valence-corrected chi connectivity index (χ4v) is 5.02. The number of amides is 2. The van der Waals surface area contributed by atoms with Crippen molar-refractivity contribution >= 4 is 33.1 Å². The number of hydrogen-bond acceptors (Lipinski definition) is 3. The van der Waals surface area contributed by atoms with Crippen LogP contribution in [0.4, 0.5) is 26.2 Å². The van der Waals surface area contributed by atoms with E-state index in [4.69, 9.17) is 0 Å². The summed E-state index contributed by atoms with van der Waals surface area (Å²) in [5.74, 6) is -0.528. The fourth-order valence-electron chi connectivity index (χ4n) is 3.46. The summed E-state index contributed by atoms with van der Waals surface area (Å²) in [7, 11) is -3.66. The van der Waals surface area contributed by atoms with E-state index in [1.165, 1.54) is 22.5 Å². The molecule has 2 amide bonds. The van der Waals surface area contributed by atoms with Crippen molar-refractivity contribution in [3.63, 3.8) is 0 Å². The largest absolute Gasteiger partial charge is 0.323 e. The van der Waals surface area contributed by atoms with Crippen LogP contribution in [0.2, 0.25) is 0 Å². The summed E-state index contributed by atoms with van der Waals surface area (Å²) in [5, 5.41) is 5.13. The van der Waals surface area contributed by atoms with Gasteiger partial charge in [-0.15, -0.1) is 0 Å². The predicted molar refractivity (Wildman–Crippen MR) is 115 cm³/mol. The second kappa shape index (κ2) is 8.16. The van der Waals surface area contributed by atoms with E-state index in [0.29, 0.717) is 30.8 Å². The molecule has 0 saturated carbocycles. The lowest BCUT2D eigenvalue weighted by atomic mass is 10.0. The molecule has 4 rings (SSSR count). The zero-order valence-electron chi connectivity index (χ0n) is 16.0. The maximum atomic E-state index is 13.7. The highest BCUT2D eigenvalue weighted by Crippen LogP contribution is 2.33. The number of carbonyl (C=O) groups is 1. The maximum Gasteiger partial charge on any atom is 0.323 e. The highest BCUT2D eigenvalue weighted by Gasteiger charge is 2.29. The SMILES string of the molecule is O=C(Nc1ccc2c(c1)CCCN2S(=O)(=O)c1ccccc1)Nc1ccccc1F. The van der Waals surface area contributed by atoms with Crippen molar-refractivity contribution in [1.82, 2.24) is 0 Å². The molecule has 0 saturated heterocycles. The first kappa shape index (κ1) is 19.9. The van der Waals surface area contributed by atoms with Crippen molar-refractivity contribution in [2.45, 2.75) is 17.7 Å². The normalized spacial score (nSPS) is 13.4. The zero-order valence-corrected chi connectivity index (χ0v) is 16.8. The molecule has 0 fully saturated rings. The van der Waals surface area contributed by atoms with Crippen molar-refractivity contribution in [3.8, 4) is 0 Å². The van der Waals surface area contributed by atoms with Crippen molar-refractivity contribution in [2.75, 3.05) is 21.5 Å². The Balaban J connectivity index is 1.55. The zero-order chi connectivity index (χ0) is 21.1. The van der Waals surface area contributed by atoms with Gasteiger partial charge in [0.25, 0.3) is 10.0 Å². The van der Waals surface area contributed by atoms with Gasteiger partial charge in [0, 0.05) is 12.2 Å². The fraction of sp³-hybridized carbons (Fsp3) is 0.136. The molecule has 1 aliphatic heterocycles. The Kier molecular flexibility index (Phi) is 5.41. The van der Waals surface area contributed by atoms with Crippen LogP contribution in [0.5, 0.6) is 0 Å². The molecule has 3 aromatic carbocycles. The lowest BCUT2D eigenvalue weighted by Crippen LogP contribution is -2.35. The number of fused-ring (bicyclic) bond motifs is 1. The van der Waals surface area contributed by atoms with Crippen molar-refractivity contribution in [2.24, 2.45) is 0 Å². The summed E-state index contributed by atoms with van der Waals surface area (Å²) in [6.07, 6.45) is 1.37. The van der Waals surface area contributed by atoms with Gasteiger partial charge in [-0.05, 0) is 60.9 Å². The van der Waals surface area contributed by atoms with Gasteiger partial charge in [0.15, 0.2) is 0 Å². The van der Waals surface area contributed by atoms with E-state index in [9.17, 15) is 17.6 Å². The van der Waals surface area contributed by atoms with E-state index in [2.05, 4.69) is 10.6 Å². The molecule has 0 atom stereocenters. The van der Waals surface area contributed by atoms with E-state index in [1.807, 2.05) is 0 Å². The van der Waals surface area contributed by atoms with E-state index in [1.54, 1.807) is 54.6 Å². The number of nitrogens with zero attached hydrogens (tertiary/aromatic N) is 1. The number of benzene rings is 3. The van der Waals surface area contributed by atoms with Crippen LogP contribution in [-0.2, 0) is 16.4 Å². The number of urea groups is 1. The van der Waals surface area contributed by atoms with Crippen LogP contribution in [0.1, 0.15) is 12.0 Å². The summed E-state index contributed by atoms with van der Waals surface area (Å²) < 4.78 is 41.2. The Morgan fingerprint density at radius 1 is 0.933 bits per heavy atom. The topological polar surface area (TPSA) is 78.5 Å². The van der Waals surface area contributed by atoms with Crippen LogP contribution in [-0.4, -0.2) is 21.0 Å². The van der Waals surface area contributed by atoms with E-state index >= 15 is 0 Å². The van der Waals surface area contributed by atoms with E-state index in [0.717, 1.165) is 5.56 Å². The number of aryl methyl sites for hydroxylation is 1. The number of anilines is 3.